The van der Waals surface area contributed by atoms with Crippen LogP contribution in [-0.4, -0.2) is 78.2 Å². The van der Waals surface area contributed by atoms with Crippen LogP contribution >= 0.6 is 0 Å². The third-order valence-corrected chi connectivity index (χ3v) is 7.07. The first-order chi connectivity index (χ1) is 15.9. The van der Waals surface area contributed by atoms with Gasteiger partial charge in [-0.25, -0.2) is 14.8 Å². The second-order valence-electron chi connectivity index (χ2n) is 9.49. The highest BCUT2D eigenvalue weighted by Gasteiger charge is 2.40. The van der Waals surface area contributed by atoms with E-state index in [2.05, 4.69) is 51.2 Å². The number of piperidine rings is 1. The van der Waals surface area contributed by atoms with Crippen molar-refractivity contribution < 1.29 is 4.79 Å². The fraction of sp³-hybridized carbons (Fsp3) is 0.560. The summed E-state index contributed by atoms with van der Waals surface area (Å²) in [6.45, 7) is 5.59. The second kappa shape index (κ2) is 10.4. The van der Waals surface area contributed by atoms with Gasteiger partial charge in [0.05, 0.1) is 0 Å². The van der Waals surface area contributed by atoms with Crippen molar-refractivity contribution in [2.24, 2.45) is 5.92 Å². The van der Waals surface area contributed by atoms with Crippen LogP contribution in [0.2, 0.25) is 0 Å². The van der Waals surface area contributed by atoms with E-state index in [9.17, 15) is 4.79 Å². The van der Waals surface area contributed by atoms with E-state index in [4.69, 9.17) is 5.73 Å². The molecule has 0 spiro atoms. The third kappa shape index (κ3) is 5.55. The van der Waals surface area contributed by atoms with E-state index in [1.54, 1.807) is 4.90 Å². The summed E-state index contributed by atoms with van der Waals surface area (Å²) in [6.07, 6.45) is 5.83. The molecule has 1 saturated heterocycles. The number of hydrogen-bond donors (Lipinski definition) is 2. The number of para-hydroxylation sites is 1. The van der Waals surface area contributed by atoms with Crippen molar-refractivity contribution in [2.45, 2.75) is 44.7 Å². The Hall–Kier alpha value is -2.87. The summed E-state index contributed by atoms with van der Waals surface area (Å²) in [5.41, 5.74) is 9.29. The van der Waals surface area contributed by atoms with Gasteiger partial charge >= 0.3 is 6.03 Å². The normalized spacial score (nSPS) is 22.2. The quantitative estimate of drug-likeness (QED) is 0.672. The van der Waals surface area contributed by atoms with Crippen LogP contribution in [0.5, 0.6) is 0 Å². The number of nitrogens with zero attached hydrogens (tertiary/aromatic N) is 5. The van der Waals surface area contributed by atoms with Gasteiger partial charge in [-0.1, -0.05) is 25.1 Å². The Bertz CT molecular complexity index is 938. The molecule has 1 aliphatic carbocycles. The fourth-order valence-electron chi connectivity index (χ4n) is 5.25. The minimum absolute atomic E-state index is 0.000797. The van der Waals surface area contributed by atoms with Crippen molar-refractivity contribution in [3.63, 3.8) is 0 Å². The van der Waals surface area contributed by atoms with Gasteiger partial charge in [0.2, 0.25) is 5.95 Å². The zero-order valence-electron chi connectivity index (χ0n) is 20.1. The number of anilines is 2. The average molecular weight is 452 g/mol. The number of nitrogens with two attached hydrogens (primary N) is 1. The van der Waals surface area contributed by atoms with Crippen molar-refractivity contribution in [3.05, 3.63) is 47.8 Å². The lowest BCUT2D eigenvalue weighted by Gasteiger charge is -2.47. The fourth-order valence-corrected chi connectivity index (χ4v) is 5.25. The first-order valence-corrected chi connectivity index (χ1v) is 12.1. The maximum Gasteiger partial charge on any atom is 0.317 e. The number of carbonyl (C=O) groups is 1. The van der Waals surface area contributed by atoms with E-state index in [1.807, 2.05) is 31.4 Å². The molecule has 2 amide bonds. The molecule has 0 unspecified atom stereocenters. The number of nitrogens with one attached hydrogen (secondary N) is 1. The van der Waals surface area contributed by atoms with E-state index in [-0.39, 0.29) is 12.1 Å². The first kappa shape index (κ1) is 23.3. The smallest absolute Gasteiger partial charge is 0.317 e. The topological polar surface area (TPSA) is 90.6 Å². The number of nitrogen functional groups attached to an aromatic ring is 1. The van der Waals surface area contributed by atoms with E-state index >= 15 is 0 Å². The molecule has 8 nitrogen and oxygen atoms in total. The van der Waals surface area contributed by atoms with Crippen LogP contribution < -0.4 is 16.0 Å². The molecular formula is C25H37N7O. The summed E-state index contributed by atoms with van der Waals surface area (Å²) in [4.78, 5) is 28.2. The average Bonchev–Trinajstić information content (AvgIpc) is 2.81. The molecule has 2 aliphatic rings. The molecule has 3 atom stereocenters. The largest absolute Gasteiger partial charge is 0.373 e. The highest BCUT2D eigenvalue weighted by molar-refractivity contribution is 5.74. The lowest BCUT2D eigenvalue weighted by Crippen LogP contribution is -2.59. The number of likely N-dealkylation sites (N-methyl/N-ethyl adjacent to an activating group) is 2. The Morgan fingerprint density at radius 3 is 2.76 bits per heavy atom. The Morgan fingerprint density at radius 2 is 2.00 bits per heavy atom. The highest BCUT2D eigenvalue weighted by atomic mass is 16.2. The zero-order chi connectivity index (χ0) is 23.4. The van der Waals surface area contributed by atoms with Gasteiger partial charge < -0.3 is 20.9 Å². The lowest BCUT2D eigenvalue weighted by atomic mass is 9.76. The molecule has 33 heavy (non-hydrogen) atoms. The van der Waals surface area contributed by atoms with Crippen LogP contribution in [0, 0.1) is 5.92 Å². The number of amides is 2. The third-order valence-electron chi connectivity index (χ3n) is 7.07. The monoisotopic (exact) mass is 451 g/mol. The summed E-state index contributed by atoms with van der Waals surface area (Å²) >= 11 is 0. The van der Waals surface area contributed by atoms with Gasteiger partial charge in [-0.15, -0.1) is 0 Å². The number of urea groups is 1. The molecular weight excluding hydrogens is 414 g/mol. The molecule has 0 radical (unpaired) electrons. The number of aromatic nitrogens is 2. The van der Waals surface area contributed by atoms with Crippen molar-refractivity contribution in [3.8, 4) is 0 Å². The molecule has 3 N–H and O–H groups in total. The standard InChI is InChI=1S/C25H37N7O/c1-4-10-32-17-20(13-18-14-22-19(15-23(18)32)16-27-24(26)29-22)28-25(33)31(3)12-11-30(2)21-8-6-5-7-9-21/h5-9,16,18,20,23H,4,10-15,17H2,1-3H3,(H,28,33)(H2,26,27,29)/t18-,20+,23-/m1/s1. The van der Waals surface area contributed by atoms with Crippen molar-refractivity contribution >= 4 is 17.7 Å². The Labute approximate surface area is 197 Å². The maximum atomic E-state index is 13.0. The van der Waals surface area contributed by atoms with E-state index in [0.717, 1.165) is 56.7 Å². The van der Waals surface area contributed by atoms with E-state index in [0.29, 0.717) is 24.5 Å². The molecule has 1 aromatic carbocycles. The van der Waals surface area contributed by atoms with Crippen LogP contribution in [0.1, 0.15) is 31.0 Å². The lowest BCUT2D eigenvalue weighted by molar-refractivity contribution is 0.0629. The number of likely N-dealkylation sites (tertiary alicyclic amines) is 1. The van der Waals surface area contributed by atoms with Gasteiger partial charge in [0, 0.05) is 63.4 Å². The van der Waals surface area contributed by atoms with Crippen molar-refractivity contribution in [1.82, 2.24) is 25.1 Å². The van der Waals surface area contributed by atoms with Crippen molar-refractivity contribution in [1.29, 1.82) is 0 Å². The van der Waals surface area contributed by atoms with Crippen LogP contribution in [0.3, 0.4) is 0 Å². The molecule has 2 heterocycles. The van der Waals surface area contributed by atoms with Crippen LogP contribution in [0.15, 0.2) is 36.5 Å². The predicted molar refractivity (Wildman–Crippen MR) is 132 cm³/mol. The first-order valence-electron chi connectivity index (χ1n) is 12.1. The van der Waals surface area contributed by atoms with Crippen LogP contribution in [0.25, 0.3) is 0 Å². The molecule has 4 rings (SSSR count). The predicted octanol–water partition coefficient (Wildman–Crippen LogP) is 2.40. The maximum absolute atomic E-state index is 13.0. The van der Waals surface area contributed by atoms with Gasteiger partial charge in [-0.3, -0.25) is 4.90 Å². The SMILES string of the molecule is CCCN1C[C@@H](NC(=O)N(C)CCN(C)c2ccccc2)C[C@@H]2Cc3nc(N)ncc3C[C@H]21. The minimum atomic E-state index is -0.000797. The molecule has 1 fully saturated rings. The zero-order valence-corrected chi connectivity index (χ0v) is 20.1. The Kier molecular flexibility index (Phi) is 7.33. The van der Waals surface area contributed by atoms with Gasteiger partial charge in [0.1, 0.15) is 0 Å². The minimum Gasteiger partial charge on any atom is -0.373 e. The molecule has 0 bridgehead atoms. The summed E-state index contributed by atoms with van der Waals surface area (Å²) in [5, 5.41) is 3.31. The number of fused-ring (bicyclic) bond motifs is 2. The Morgan fingerprint density at radius 1 is 1.21 bits per heavy atom. The number of hydrogen-bond acceptors (Lipinski definition) is 6. The van der Waals surface area contributed by atoms with E-state index in [1.165, 1.54) is 5.56 Å². The van der Waals surface area contributed by atoms with Gasteiger partial charge in [0.15, 0.2) is 0 Å². The van der Waals surface area contributed by atoms with Crippen LogP contribution in [0.4, 0.5) is 16.4 Å². The van der Waals surface area contributed by atoms with Gasteiger partial charge in [-0.2, -0.15) is 0 Å². The highest BCUT2D eigenvalue weighted by Crippen LogP contribution is 2.34. The number of benzene rings is 1. The number of carbonyl (C=O) groups excluding carboxylic acids is 1. The molecule has 8 heteroatoms. The molecule has 1 aliphatic heterocycles. The van der Waals surface area contributed by atoms with Crippen LogP contribution in [-0.2, 0) is 12.8 Å². The molecule has 0 saturated carbocycles. The Balaban J connectivity index is 1.35. The number of rotatable bonds is 7. The summed E-state index contributed by atoms with van der Waals surface area (Å²) < 4.78 is 0. The molecule has 2 aromatic rings. The second-order valence-corrected chi connectivity index (χ2v) is 9.49. The van der Waals surface area contributed by atoms with Gasteiger partial charge in [0.25, 0.3) is 0 Å². The summed E-state index contributed by atoms with van der Waals surface area (Å²) in [6, 6.07) is 10.9. The van der Waals surface area contributed by atoms with Crippen molar-refractivity contribution in [2.75, 3.05) is 50.9 Å². The molecule has 1 aromatic heterocycles. The summed E-state index contributed by atoms with van der Waals surface area (Å²) in [7, 11) is 3.93. The molecule has 178 valence electrons. The van der Waals surface area contributed by atoms with Gasteiger partial charge in [-0.05, 0) is 55.8 Å². The van der Waals surface area contributed by atoms with E-state index < -0.39 is 0 Å². The summed E-state index contributed by atoms with van der Waals surface area (Å²) in [5.74, 6) is 0.812.